The zero-order valence-electron chi connectivity index (χ0n) is 9.33. The number of hydrogen-bond donors (Lipinski definition) is 2. The molecule has 0 rings (SSSR count). The molecular weight excluding hydrogens is 180 g/mol. The Morgan fingerprint density at radius 2 is 1.79 bits per heavy atom. The van der Waals surface area contributed by atoms with Crippen LogP contribution in [-0.4, -0.2) is 17.9 Å². The van der Waals surface area contributed by atoms with E-state index in [4.69, 9.17) is 5.73 Å². The number of ketones is 1. The van der Waals surface area contributed by atoms with Gasteiger partial charge in [0.05, 0.1) is 6.04 Å². The average Bonchev–Trinajstić information content (AvgIpc) is 2.11. The van der Waals surface area contributed by atoms with E-state index in [0.29, 0.717) is 0 Å². The zero-order valence-corrected chi connectivity index (χ0v) is 9.33. The number of amides is 2. The molecule has 0 fully saturated rings. The SMILES string of the molecule is CCC(C)C(NC(N)=O)C(=O)C(C)C. The molecule has 4 heteroatoms. The minimum absolute atomic E-state index is 0.0400. The van der Waals surface area contributed by atoms with Crippen LogP contribution in [0.5, 0.6) is 0 Å². The van der Waals surface area contributed by atoms with Crippen LogP contribution in [0, 0.1) is 11.8 Å². The van der Waals surface area contributed by atoms with Crippen LogP contribution in [0.4, 0.5) is 4.79 Å². The molecule has 2 amide bonds. The van der Waals surface area contributed by atoms with Crippen molar-refractivity contribution in [3.63, 3.8) is 0 Å². The summed E-state index contributed by atoms with van der Waals surface area (Å²) in [6, 6.07) is -1.08. The normalized spacial score (nSPS) is 14.9. The first-order valence-corrected chi connectivity index (χ1v) is 4.99. The highest BCUT2D eigenvalue weighted by Crippen LogP contribution is 2.12. The molecule has 0 aromatic rings. The van der Waals surface area contributed by atoms with Gasteiger partial charge in [-0.2, -0.15) is 0 Å². The second kappa shape index (κ2) is 5.62. The molecule has 0 aliphatic rings. The maximum atomic E-state index is 11.7. The van der Waals surface area contributed by atoms with Gasteiger partial charge in [-0.25, -0.2) is 4.79 Å². The Morgan fingerprint density at radius 1 is 1.29 bits per heavy atom. The molecule has 0 heterocycles. The average molecular weight is 200 g/mol. The Bertz CT molecular complexity index is 214. The van der Waals surface area contributed by atoms with E-state index in [1.54, 1.807) is 0 Å². The van der Waals surface area contributed by atoms with Crippen molar-refractivity contribution in [2.75, 3.05) is 0 Å². The first kappa shape index (κ1) is 12.9. The Hall–Kier alpha value is -1.06. The van der Waals surface area contributed by atoms with Crippen LogP contribution < -0.4 is 11.1 Å². The molecule has 0 aromatic heterocycles. The molecular formula is C10H20N2O2. The van der Waals surface area contributed by atoms with E-state index in [1.807, 2.05) is 27.7 Å². The minimum atomic E-state index is -0.635. The summed E-state index contributed by atoms with van der Waals surface area (Å²) in [5.74, 6) is 0.0800. The van der Waals surface area contributed by atoms with E-state index in [-0.39, 0.29) is 17.6 Å². The third-order valence-electron chi connectivity index (χ3n) is 2.39. The second-order valence-corrected chi connectivity index (χ2v) is 3.93. The van der Waals surface area contributed by atoms with Crippen molar-refractivity contribution in [3.8, 4) is 0 Å². The van der Waals surface area contributed by atoms with Gasteiger partial charge in [0.1, 0.15) is 0 Å². The highest BCUT2D eigenvalue weighted by molar-refractivity contribution is 5.89. The van der Waals surface area contributed by atoms with Crippen LogP contribution in [-0.2, 0) is 4.79 Å². The molecule has 82 valence electrons. The number of nitrogens with one attached hydrogen (secondary N) is 1. The highest BCUT2D eigenvalue weighted by atomic mass is 16.2. The summed E-state index contributed by atoms with van der Waals surface area (Å²) in [7, 11) is 0. The molecule has 0 aliphatic carbocycles. The Balaban J connectivity index is 4.54. The number of nitrogens with two attached hydrogens (primary N) is 1. The van der Waals surface area contributed by atoms with E-state index in [2.05, 4.69) is 5.32 Å². The summed E-state index contributed by atoms with van der Waals surface area (Å²) in [5.41, 5.74) is 5.02. The molecule has 4 nitrogen and oxygen atoms in total. The quantitative estimate of drug-likeness (QED) is 0.702. The van der Waals surface area contributed by atoms with Crippen molar-refractivity contribution >= 4 is 11.8 Å². The fourth-order valence-electron chi connectivity index (χ4n) is 1.24. The van der Waals surface area contributed by atoms with E-state index in [9.17, 15) is 9.59 Å². The van der Waals surface area contributed by atoms with Crippen molar-refractivity contribution < 1.29 is 9.59 Å². The summed E-state index contributed by atoms with van der Waals surface area (Å²) >= 11 is 0. The molecule has 0 saturated heterocycles. The maximum Gasteiger partial charge on any atom is 0.312 e. The number of carbonyl (C=O) groups is 2. The minimum Gasteiger partial charge on any atom is -0.352 e. The van der Waals surface area contributed by atoms with Gasteiger partial charge in [0.15, 0.2) is 5.78 Å². The summed E-state index contributed by atoms with van der Waals surface area (Å²) in [4.78, 5) is 22.4. The summed E-state index contributed by atoms with van der Waals surface area (Å²) in [6.45, 7) is 7.55. The lowest BCUT2D eigenvalue weighted by Gasteiger charge is -2.23. The van der Waals surface area contributed by atoms with Crippen LogP contribution in [0.25, 0.3) is 0 Å². The lowest BCUT2D eigenvalue weighted by Crippen LogP contribution is -2.48. The van der Waals surface area contributed by atoms with Gasteiger partial charge in [-0.3, -0.25) is 4.79 Å². The van der Waals surface area contributed by atoms with Gasteiger partial charge in [0.25, 0.3) is 0 Å². The van der Waals surface area contributed by atoms with Crippen LogP contribution >= 0.6 is 0 Å². The van der Waals surface area contributed by atoms with E-state index in [0.717, 1.165) is 6.42 Å². The number of primary amides is 1. The predicted octanol–water partition coefficient (Wildman–Crippen LogP) is 1.29. The number of carbonyl (C=O) groups excluding carboxylic acids is 2. The van der Waals surface area contributed by atoms with Crippen LogP contribution in [0.1, 0.15) is 34.1 Å². The Morgan fingerprint density at radius 3 is 2.07 bits per heavy atom. The fourth-order valence-corrected chi connectivity index (χ4v) is 1.24. The fraction of sp³-hybridized carbons (Fsp3) is 0.800. The summed E-state index contributed by atoms with van der Waals surface area (Å²) in [6.07, 6.45) is 0.837. The van der Waals surface area contributed by atoms with Crippen molar-refractivity contribution in [3.05, 3.63) is 0 Å². The summed E-state index contributed by atoms with van der Waals surface area (Å²) in [5, 5.41) is 2.50. The van der Waals surface area contributed by atoms with E-state index in [1.165, 1.54) is 0 Å². The third-order valence-corrected chi connectivity index (χ3v) is 2.39. The van der Waals surface area contributed by atoms with Gasteiger partial charge in [0.2, 0.25) is 0 Å². The topological polar surface area (TPSA) is 72.2 Å². The first-order valence-electron chi connectivity index (χ1n) is 4.99. The molecule has 14 heavy (non-hydrogen) atoms. The number of hydrogen-bond acceptors (Lipinski definition) is 2. The van der Waals surface area contributed by atoms with Gasteiger partial charge in [-0.15, -0.1) is 0 Å². The van der Waals surface area contributed by atoms with Crippen LogP contribution in [0.2, 0.25) is 0 Å². The van der Waals surface area contributed by atoms with Gasteiger partial charge in [-0.1, -0.05) is 34.1 Å². The zero-order chi connectivity index (χ0) is 11.3. The monoisotopic (exact) mass is 200 g/mol. The first-order chi connectivity index (χ1) is 6.40. The van der Waals surface area contributed by atoms with Crippen LogP contribution in [0.3, 0.4) is 0 Å². The van der Waals surface area contributed by atoms with Gasteiger partial charge < -0.3 is 11.1 Å². The second-order valence-electron chi connectivity index (χ2n) is 3.93. The van der Waals surface area contributed by atoms with Crippen molar-refractivity contribution in [1.29, 1.82) is 0 Å². The molecule has 0 spiro atoms. The molecule has 0 bridgehead atoms. The van der Waals surface area contributed by atoms with Crippen molar-refractivity contribution in [2.45, 2.75) is 40.2 Å². The molecule has 0 saturated carbocycles. The molecule has 0 aromatic carbocycles. The summed E-state index contributed by atoms with van der Waals surface area (Å²) < 4.78 is 0. The van der Waals surface area contributed by atoms with Gasteiger partial charge >= 0.3 is 6.03 Å². The maximum absolute atomic E-state index is 11.7. The van der Waals surface area contributed by atoms with E-state index < -0.39 is 12.1 Å². The third kappa shape index (κ3) is 3.77. The Kier molecular flexibility index (Phi) is 5.20. The van der Waals surface area contributed by atoms with Gasteiger partial charge in [-0.05, 0) is 5.92 Å². The molecule has 2 atom stereocenters. The molecule has 0 radical (unpaired) electrons. The largest absolute Gasteiger partial charge is 0.352 e. The van der Waals surface area contributed by atoms with Crippen molar-refractivity contribution in [1.82, 2.24) is 5.32 Å². The Labute approximate surface area is 85.2 Å². The van der Waals surface area contributed by atoms with Crippen LogP contribution in [0.15, 0.2) is 0 Å². The number of Topliss-reactive ketones (excluding diaryl/α,β-unsaturated/α-hetero) is 1. The highest BCUT2D eigenvalue weighted by Gasteiger charge is 2.26. The number of urea groups is 1. The predicted molar refractivity (Wildman–Crippen MR) is 55.8 cm³/mol. The molecule has 2 unspecified atom stereocenters. The standard InChI is InChI=1S/C10H20N2O2/c1-5-7(4)8(12-10(11)14)9(13)6(2)3/h6-8H,5H2,1-4H3,(H3,11,12,14). The van der Waals surface area contributed by atoms with Gasteiger partial charge in [0, 0.05) is 5.92 Å². The lowest BCUT2D eigenvalue weighted by atomic mass is 9.90. The lowest BCUT2D eigenvalue weighted by molar-refractivity contribution is -0.124. The molecule has 0 aliphatic heterocycles. The number of rotatable bonds is 5. The smallest absolute Gasteiger partial charge is 0.312 e. The van der Waals surface area contributed by atoms with Crippen molar-refractivity contribution in [2.24, 2.45) is 17.6 Å². The van der Waals surface area contributed by atoms with E-state index >= 15 is 0 Å². The molecule has 3 N–H and O–H groups in total.